The molecule has 4 nitrogen and oxygen atoms in total. The third-order valence-electron chi connectivity index (χ3n) is 4.08. The zero-order valence-corrected chi connectivity index (χ0v) is 15.8. The van der Waals surface area contributed by atoms with Crippen molar-refractivity contribution in [2.45, 2.75) is 24.7 Å². The van der Waals surface area contributed by atoms with Crippen LogP contribution in [0.15, 0.2) is 83.8 Å². The van der Waals surface area contributed by atoms with Crippen LogP contribution in [0.4, 0.5) is 0 Å². The summed E-state index contributed by atoms with van der Waals surface area (Å²) < 4.78 is 29.8. The molecule has 0 heterocycles. The van der Waals surface area contributed by atoms with Crippen molar-refractivity contribution in [2.75, 3.05) is 0 Å². The van der Waals surface area contributed by atoms with E-state index in [-0.39, 0.29) is 16.4 Å². The van der Waals surface area contributed by atoms with Crippen LogP contribution in [0.25, 0.3) is 0 Å². The van der Waals surface area contributed by atoms with Crippen LogP contribution in [0.3, 0.4) is 0 Å². The van der Waals surface area contributed by atoms with Crippen LogP contribution < -0.4 is 4.18 Å². The summed E-state index contributed by atoms with van der Waals surface area (Å²) in [4.78, 5) is 12.3. The number of hydrogen-bond donors (Lipinski definition) is 0. The molecule has 0 aliphatic carbocycles. The Kier molecular flexibility index (Phi) is 5.72. The molecule has 138 valence electrons. The molecule has 0 bridgehead atoms. The first kappa shape index (κ1) is 18.9. The van der Waals surface area contributed by atoms with Gasteiger partial charge in [-0.15, -0.1) is 0 Å². The first-order chi connectivity index (χ1) is 12.9. The highest BCUT2D eigenvalue weighted by molar-refractivity contribution is 7.87. The van der Waals surface area contributed by atoms with Crippen LogP contribution in [0.2, 0.25) is 0 Å². The second-order valence-electron chi connectivity index (χ2n) is 6.37. The molecule has 27 heavy (non-hydrogen) atoms. The van der Waals surface area contributed by atoms with E-state index < -0.39 is 10.1 Å². The number of Topliss-reactive ketones (excluding diaryl/α,β-unsaturated/α-hetero) is 1. The largest absolute Gasteiger partial charge is 0.379 e. The van der Waals surface area contributed by atoms with Crippen molar-refractivity contribution in [3.63, 3.8) is 0 Å². The lowest BCUT2D eigenvalue weighted by Crippen LogP contribution is -2.10. The fourth-order valence-corrected chi connectivity index (χ4v) is 3.59. The predicted octanol–water partition coefficient (Wildman–Crippen LogP) is 4.12. The Labute approximate surface area is 159 Å². The first-order valence-electron chi connectivity index (χ1n) is 8.58. The molecule has 0 aliphatic rings. The SMILES string of the molecule is Cc1ccc(S(=O)(=O)Oc2ccc(CC(=O)Cc3ccccc3)cc2)cc1. The molecule has 5 heteroatoms. The number of carbonyl (C=O) groups is 1. The van der Waals surface area contributed by atoms with Crippen molar-refractivity contribution < 1.29 is 17.4 Å². The molecule has 0 radical (unpaired) electrons. The van der Waals surface area contributed by atoms with E-state index in [1.807, 2.05) is 37.3 Å². The molecule has 3 aromatic carbocycles. The smallest absolute Gasteiger partial charge is 0.339 e. The lowest BCUT2D eigenvalue weighted by molar-refractivity contribution is -0.117. The van der Waals surface area contributed by atoms with Gasteiger partial charge >= 0.3 is 10.1 Å². The minimum atomic E-state index is -3.87. The van der Waals surface area contributed by atoms with E-state index in [4.69, 9.17) is 4.18 Å². The Morgan fingerprint density at radius 3 is 1.93 bits per heavy atom. The van der Waals surface area contributed by atoms with E-state index in [0.29, 0.717) is 12.8 Å². The quantitative estimate of drug-likeness (QED) is 0.579. The fourth-order valence-electron chi connectivity index (χ4n) is 2.66. The summed E-state index contributed by atoms with van der Waals surface area (Å²) in [5.74, 6) is 0.317. The van der Waals surface area contributed by atoms with Gasteiger partial charge in [0.2, 0.25) is 0 Å². The Balaban J connectivity index is 1.63. The predicted molar refractivity (Wildman–Crippen MR) is 104 cm³/mol. The van der Waals surface area contributed by atoms with Gasteiger partial charge in [-0.05, 0) is 42.3 Å². The summed E-state index contributed by atoms with van der Waals surface area (Å²) in [5.41, 5.74) is 2.76. The van der Waals surface area contributed by atoms with E-state index >= 15 is 0 Å². The maximum absolute atomic E-state index is 12.3. The summed E-state index contributed by atoms with van der Waals surface area (Å²) in [7, 11) is -3.87. The maximum atomic E-state index is 12.3. The standard InChI is InChI=1S/C22H20O4S/c1-17-7-13-22(14-8-17)27(24,25)26-21-11-9-19(10-12-21)16-20(23)15-18-5-3-2-4-6-18/h2-14H,15-16H2,1H3. The Morgan fingerprint density at radius 2 is 1.33 bits per heavy atom. The summed E-state index contributed by atoms with van der Waals surface area (Å²) in [5, 5.41) is 0. The van der Waals surface area contributed by atoms with Crippen molar-refractivity contribution in [2.24, 2.45) is 0 Å². The molecule has 0 spiro atoms. The van der Waals surface area contributed by atoms with Crippen molar-refractivity contribution in [3.05, 3.63) is 95.6 Å². The van der Waals surface area contributed by atoms with Crippen molar-refractivity contribution >= 4 is 15.9 Å². The van der Waals surface area contributed by atoms with Gasteiger partial charge < -0.3 is 4.18 Å². The van der Waals surface area contributed by atoms with Crippen LogP contribution in [-0.4, -0.2) is 14.2 Å². The molecular weight excluding hydrogens is 360 g/mol. The van der Waals surface area contributed by atoms with Gasteiger partial charge in [-0.3, -0.25) is 4.79 Å². The third-order valence-corrected chi connectivity index (χ3v) is 5.35. The Morgan fingerprint density at radius 1 is 0.778 bits per heavy atom. The summed E-state index contributed by atoms with van der Waals surface area (Å²) in [6.07, 6.45) is 0.667. The van der Waals surface area contributed by atoms with Crippen molar-refractivity contribution in [1.82, 2.24) is 0 Å². The van der Waals surface area contributed by atoms with Crippen LogP contribution in [-0.2, 0) is 27.8 Å². The topological polar surface area (TPSA) is 60.4 Å². The molecule has 0 amide bonds. The first-order valence-corrected chi connectivity index (χ1v) is 9.99. The van der Waals surface area contributed by atoms with E-state index in [0.717, 1.165) is 16.7 Å². The highest BCUT2D eigenvalue weighted by Crippen LogP contribution is 2.20. The minimum absolute atomic E-state index is 0.0992. The molecule has 0 saturated heterocycles. The van der Waals surface area contributed by atoms with Gasteiger partial charge in [0.25, 0.3) is 0 Å². The average Bonchev–Trinajstić information content (AvgIpc) is 2.64. The van der Waals surface area contributed by atoms with Crippen LogP contribution >= 0.6 is 0 Å². The summed E-state index contributed by atoms with van der Waals surface area (Å²) in [6, 6.07) is 22.6. The van der Waals surface area contributed by atoms with Crippen molar-refractivity contribution in [1.29, 1.82) is 0 Å². The van der Waals surface area contributed by atoms with Crippen LogP contribution in [0, 0.1) is 6.92 Å². The molecule has 0 saturated carbocycles. The number of ketones is 1. The Hall–Kier alpha value is -2.92. The van der Waals surface area contributed by atoms with Gasteiger partial charge in [-0.2, -0.15) is 8.42 Å². The van der Waals surface area contributed by atoms with Gasteiger partial charge in [-0.25, -0.2) is 0 Å². The molecule has 3 aromatic rings. The van der Waals surface area contributed by atoms with Gasteiger partial charge in [0.1, 0.15) is 16.4 Å². The molecule has 0 N–H and O–H groups in total. The highest BCUT2D eigenvalue weighted by Gasteiger charge is 2.16. The molecule has 0 fully saturated rings. The van der Waals surface area contributed by atoms with Crippen molar-refractivity contribution in [3.8, 4) is 5.75 Å². The molecule has 0 unspecified atom stereocenters. The lowest BCUT2D eigenvalue weighted by Gasteiger charge is -2.08. The van der Waals surface area contributed by atoms with E-state index in [9.17, 15) is 13.2 Å². The zero-order chi connectivity index (χ0) is 19.3. The lowest BCUT2D eigenvalue weighted by atomic mass is 10.0. The Bertz CT molecular complexity index is 1010. The van der Waals surface area contributed by atoms with Crippen LogP contribution in [0.1, 0.15) is 16.7 Å². The van der Waals surface area contributed by atoms with E-state index in [1.165, 1.54) is 12.1 Å². The van der Waals surface area contributed by atoms with E-state index in [2.05, 4.69) is 0 Å². The molecule has 3 rings (SSSR count). The highest BCUT2D eigenvalue weighted by atomic mass is 32.2. The minimum Gasteiger partial charge on any atom is -0.379 e. The van der Waals surface area contributed by atoms with Gasteiger partial charge in [-0.1, -0.05) is 60.2 Å². The normalized spacial score (nSPS) is 11.1. The molecule has 0 atom stereocenters. The second-order valence-corrected chi connectivity index (χ2v) is 7.92. The average molecular weight is 380 g/mol. The summed E-state index contributed by atoms with van der Waals surface area (Å²) >= 11 is 0. The third kappa shape index (κ3) is 5.28. The number of carbonyl (C=O) groups excluding carboxylic acids is 1. The maximum Gasteiger partial charge on any atom is 0.339 e. The molecule has 0 aromatic heterocycles. The molecule has 0 aliphatic heterocycles. The number of benzene rings is 3. The zero-order valence-electron chi connectivity index (χ0n) is 15.0. The molecular formula is C22H20O4S. The number of rotatable bonds is 7. The second kappa shape index (κ2) is 8.18. The summed E-state index contributed by atoms with van der Waals surface area (Å²) in [6.45, 7) is 1.88. The monoisotopic (exact) mass is 380 g/mol. The number of aryl methyl sites for hydroxylation is 1. The van der Waals surface area contributed by atoms with Gasteiger partial charge in [0, 0.05) is 12.8 Å². The van der Waals surface area contributed by atoms with Gasteiger partial charge in [0.05, 0.1) is 0 Å². The van der Waals surface area contributed by atoms with E-state index in [1.54, 1.807) is 36.4 Å². The number of hydrogen-bond acceptors (Lipinski definition) is 4. The fraction of sp³-hybridized carbons (Fsp3) is 0.136. The van der Waals surface area contributed by atoms with Crippen LogP contribution in [0.5, 0.6) is 5.75 Å². The van der Waals surface area contributed by atoms with Gasteiger partial charge in [0.15, 0.2) is 0 Å².